The van der Waals surface area contributed by atoms with Crippen LogP contribution in [-0.4, -0.2) is 34.8 Å². The third kappa shape index (κ3) is 6.34. The van der Waals surface area contributed by atoms with Crippen LogP contribution in [0.15, 0.2) is 47.1 Å². The number of ketones is 1. The number of carboxylic acids is 1. The number of nitrogens with one attached hydrogen (secondary N) is 1. The molecule has 5 fully saturated rings. The third-order valence-corrected chi connectivity index (χ3v) is 17.1. The van der Waals surface area contributed by atoms with Crippen molar-refractivity contribution in [2.75, 3.05) is 0 Å². The Morgan fingerprint density at radius 3 is 2.18 bits per heavy atom. The molecule has 0 unspecified atom stereocenters. The zero-order chi connectivity index (χ0) is 41.0. The van der Waals surface area contributed by atoms with E-state index in [9.17, 15) is 24.3 Å². The van der Waals surface area contributed by atoms with Gasteiger partial charge in [-0.25, -0.2) is 0 Å². The maximum atomic E-state index is 14.2. The quantitative estimate of drug-likeness (QED) is 0.190. The molecule has 7 nitrogen and oxygen atoms in total. The molecule has 1 aromatic rings. The first kappa shape index (κ1) is 41.2. The van der Waals surface area contributed by atoms with Crippen LogP contribution in [0.25, 0.3) is 0 Å². The van der Waals surface area contributed by atoms with Gasteiger partial charge in [-0.2, -0.15) is 0 Å². The second kappa shape index (κ2) is 13.6. The average molecular weight is 789 g/mol. The zero-order valence-corrected chi connectivity index (χ0v) is 36.4. The van der Waals surface area contributed by atoms with E-state index in [0.717, 1.165) is 75.3 Å². The number of hydrogen-bond acceptors (Lipinski definition) is 5. The largest absolute Gasteiger partial charge is 0.481 e. The van der Waals surface area contributed by atoms with E-state index in [-0.39, 0.29) is 57.3 Å². The Kier molecular flexibility index (Phi) is 9.99. The molecule has 7 rings (SSSR count). The Morgan fingerprint density at radius 2 is 1.55 bits per heavy atom. The number of aliphatic carboxylic acids is 1. The number of carbonyl (C=O) groups excluding carboxylic acids is 3. The van der Waals surface area contributed by atoms with Gasteiger partial charge >= 0.3 is 11.9 Å². The van der Waals surface area contributed by atoms with Crippen LogP contribution in [0.5, 0.6) is 0 Å². The van der Waals surface area contributed by atoms with Crippen LogP contribution >= 0.6 is 11.6 Å². The molecule has 56 heavy (non-hydrogen) atoms. The Labute approximate surface area is 340 Å². The van der Waals surface area contributed by atoms with Crippen molar-refractivity contribution in [3.63, 3.8) is 0 Å². The van der Waals surface area contributed by atoms with Gasteiger partial charge in [0.25, 0.3) is 0 Å². The summed E-state index contributed by atoms with van der Waals surface area (Å²) in [6, 6.07) is 7.80. The van der Waals surface area contributed by atoms with Crippen molar-refractivity contribution in [1.82, 2.24) is 5.32 Å². The summed E-state index contributed by atoms with van der Waals surface area (Å²) in [4.78, 5) is 53.2. The third-order valence-electron chi connectivity index (χ3n) is 16.9. The van der Waals surface area contributed by atoms with Gasteiger partial charge in [-0.05, 0) is 154 Å². The van der Waals surface area contributed by atoms with Crippen LogP contribution in [-0.2, 0) is 29.5 Å². The number of amides is 1. The molecule has 1 aromatic carbocycles. The Morgan fingerprint density at radius 1 is 0.929 bits per heavy atom. The number of Topliss-reactive ketones (excluding diaryl/α,β-unsaturated/α-hetero) is 1. The average Bonchev–Trinajstić information content (AvgIpc) is 3.80. The van der Waals surface area contributed by atoms with Gasteiger partial charge in [-0.15, -0.1) is 0 Å². The molecule has 0 bridgehead atoms. The molecule has 0 aromatic heterocycles. The molecule has 0 aliphatic heterocycles. The van der Waals surface area contributed by atoms with E-state index in [4.69, 9.17) is 16.3 Å². The van der Waals surface area contributed by atoms with Gasteiger partial charge in [-0.3, -0.25) is 19.2 Å². The lowest BCUT2D eigenvalue weighted by molar-refractivity contribution is -0.221. The number of ether oxygens (including phenoxy) is 1. The smallest absolute Gasteiger partial charge is 0.309 e. The van der Waals surface area contributed by atoms with Crippen molar-refractivity contribution < 1.29 is 29.0 Å². The molecule has 0 spiro atoms. The normalized spacial score (nSPS) is 37.2. The summed E-state index contributed by atoms with van der Waals surface area (Å²) >= 11 is 6.35. The molecular formula is C48H66ClNO6. The van der Waals surface area contributed by atoms with Gasteiger partial charge in [0, 0.05) is 27.8 Å². The molecule has 6 aliphatic rings. The van der Waals surface area contributed by atoms with E-state index in [2.05, 4.69) is 59.9 Å². The maximum absolute atomic E-state index is 14.2. The number of carbonyl (C=O) groups is 4. The molecule has 5 saturated carbocycles. The lowest BCUT2D eigenvalue weighted by atomic mass is 9.34. The fourth-order valence-corrected chi connectivity index (χ4v) is 14.3. The summed E-state index contributed by atoms with van der Waals surface area (Å²) in [7, 11) is 0. The Bertz CT molecular complexity index is 1900. The van der Waals surface area contributed by atoms with Gasteiger partial charge in [0.05, 0.1) is 17.4 Å². The molecule has 0 saturated heterocycles. The van der Waals surface area contributed by atoms with Gasteiger partial charge in [0.15, 0.2) is 5.78 Å². The second-order valence-electron chi connectivity index (χ2n) is 21.5. The first-order valence-electron chi connectivity index (χ1n) is 21.5. The predicted molar refractivity (Wildman–Crippen MR) is 220 cm³/mol. The van der Waals surface area contributed by atoms with Crippen molar-refractivity contribution in [3.05, 3.63) is 57.6 Å². The summed E-state index contributed by atoms with van der Waals surface area (Å²) in [6.45, 7) is 21.5. The van der Waals surface area contributed by atoms with Crippen LogP contribution in [0.4, 0.5) is 0 Å². The SMILES string of the molecule is C/C(=C\[C@@]12CC[C@H]3[C@]4(C)CC[C@H]5C(C)(C)[C@@H](OC(=O)CC(C)(C)C(=O)O)CC[C@]5(C)[C@H]4CC[C@]3(C)C1=C(C(C)C)C(=O)C2)C(=O)NC1(c2cccc(Cl)c2)CC1. The van der Waals surface area contributed by atoms with Gasteiger partial charge in [0.2, 0.25) is 5.91 Å². The van der Waals surface area contributed by atoms with Gasteiger partial charge in [-0.1, -0.05) is 78.3 Å². The minimum absolute atomic E-state index is 0.0622. The van der Waals surface area contributed by atoms with Crippen LogP contribution in [0.1, 0.15) is 152 Å². The maximum Gasteiger partial charge on any atom is 0.309 e. The van der Waals surface area contributed by atoms with Crippen molar-refractivity contribution in [1.29, 1.82) is 0 Å². The van der Waals surface area contributed by atoms with E-state index in [1.165, 1.54) is 5.57 Å². The zero-order valence-electron chi connectivity index (χ0n) is 35.6. The highest BCUT2D eigenvalue weighted by atomic mass is 35.5. The molecule has 0 radical (unpaired) electrons. The number of carboxylic acid groups (broad SMARTS) is 1. The Hall–Kier alpha value is -2.93. The molecule has 0 heterocycles. The first-order chi connectivity index (χ1) is 26.0. The fraction of sp³-hybridized carbons (Fsp3) is 0.708. The summed E-state index contributed by atoms with van der Waals surface area (Å²) in [5.74, 6) is 0.142. The van der Waals surface area contributed by atoms with Crippen molar-refractivity contribution >= 4 is 35.2 Å². The van der Waals surface area contributed by atoms with Crippen molar-refractivity contribution in [2.45, 2.75) is 158 Å². The number of benzene rings is 1. The number of halogens is 1. The lowest BCUT2D eigenvalue weighted by Gasteiger charge is -2.71. The minimum Gasteiger partial charge on any atom is -0.481 e. The number of esters is 1. The molecule has 2 N–H and O–H groups in total. The highest BCUT2D eigenvalue weighted by Crippen LogP contribution is 2.76. The summed E-state index contributed by atoms with van der Waals surface area (Å²) in [5.41, 5.74) is 1.78. The van der Waals surface area contributed by atoms with Crippen LogP contribution < -0.4 is 5.32 Å². The standard InChI is InChI=1S/C48H66ClNO6/c1-28(2)38-32(51)26-47(25-29(3)40(53)50-48(22-23-48)30-12-11-13-31(49)24-30)21-16-35-45(9)18-14-33-43(6,7)36(56-37(52)27-42(4,5)41(54)55)17-20-44(33,8)34(45)15-19-46(35,10)39(38)47/h11-13,24-25,28,33-36H,14-23,26-27H2,1-10H3,(H,50,53)(H,54,55)/b29-25+/t33-,34+,35-,36-,44-,45+,46-,47+/m0/s1. The minimum atomic E-state index is -1.17. The van der Waals surface area contributed by atoms with Gasteiger partial charge in [0.1, 0.15) is 6.10 Å². The molecule has 306 valence electrons. The van der Waals surface area contributed by atoms with Crippen LogP contribution in [0.2, 0.25) is 5.02 Å². The van der Waals surface area contributed by atoms with Gasteiger partial charge < -0.3 is 15.2 Å². The number of allylic oxidation sites excluding steroid dienone is 3. The summed E-state index contributed by atoms with van der Waals surface area (Å²) in [6.07, 6.45) is 11.9. The molecular weight excluding hydrogens is 722 g/mol. The van der Waals surface area contributed by atoms with E-state index in [0.29, 0.717) is 34.8 Å². The molecule has 6 aliphatic carbocycles. The lowest BCUT2D eigenvalue weighted by Crippen LogP contribution is -2.64. The topological polar surface area (TPSA) is 110 Å². The number of fused-ring (bicyclic) bond motifs is 7. The number of hydrogen-bond donors (Lipinski definition) is 2. The second-order valence-corrected chi connectivity index (χ2v) is 21.9. The predicted octanol–water partition coefficient (Wildman–Crippen LogP) is 10.8. The first-order valence-corrected chi connectivity index (χ1v) is 21.8. The monoisotopic (exact) mass is 787 g/mol. The van der Waals surface area contributed by atoms with E-state index < -0.39 is 22.8 Å². The highest BCUT2D eigenvalue weighted by molar-refractivity contribution is 6.30. The molecule has 8 heteroatoms. The van der Waals surface area contributed by atoms with Crippen molar-refractivity contribution in [3.8, 4) is 0 Å². The van der Waals surface area contributed by atoms with E-state index in [1.54, 1.807) is 13.8 Å². The van der Waals surface area contributed by atoms with Crippen LogP contribution in [0.3, 0.4) is 0 Å². The highest BCUT2D eigenvalue weighted by Gasteiger charge is 2.69. The Balaban J connectivity index is 1.17. The van der Waals surface area contributed by atoms with Crippen molar-refractivity contribution in [2.24, 2.45) is 56.2 Å². The number of rotatable bonds is 9. The fourth-order valence-electron chi connectivity index (χ4n) is 14.2. The molecule has 8 atom stereocenters. The van der Waals surface area contributed by atoms with E-state index >= 15 is 0 Å². The summed E-state index contributed by atoms with van der Waals surface area (Å²) < 4.78 is 6.18. The summed E-state index contributed by atoms with van der Waals surface area (Å²) in [5, 5.41) is 13.7. The van der Waals surface area contributed by atoms with Crippen LogP contribution in [0, 0.1) is 56.2 Å². The molecule has 1 amide bonds. The van der Waals surface area contributed by atoms with E-state index in [1.807, 2.05) is 31.2 Å².